The van der Waals surface area contributed by atoms with E-state index in [1.807, 2.05) is 0 Å². The third kappa shape index (κ3) is 3.13. The van der Waals surface area contributed by atoms with Gasteiger partial charge in [0, 0.05) is 11.8 Å². The average molecular weight is 274 g/mol. The molecule has 0 aromatic heterocycles. The zero-order chi connectivity index (χ0) is 11.4. The Balaban J connectivity index is 2.80. The minimum atomic E-state index is -0.276. The summed E-state index contributed by atoms with van der Waals surface area (Å²) in [5, 5.41) is 12.1. The van der Waals surface area contributed by atoms with E-state index in [0.717, 1.165) is 0 Å². The minimum absolute atomic E-state index is 0.00229. The van der Waals surface area contributed by atoms with Gasteiger partial charge in [-0.1, -0.05) is 15.9 Å². The summed E-state index contributed by atoms with van der Waals surface area (Å²) in [5.74, 6) is 0.206. The van der Waals surface area contributed by atoms with Gasteiger partial charge in [0.2, 0.25) is 5.91 Å². The van der Waals surface area contributed by atoms with Crippen molar-refractivity contribution in [3.63, 3.8) is 0 Å². The first-order chi connectivity index (χ1) is 7.04. The summed E-state index contributed by atoms with van der Waals surface area (Å²) < 4.78 is 4.88. The molecule has 1 aromatic rings. The Morgan fingerprint density at radius 2 is 2.27 bits per heavy atom. The van der Waals surface area contributed by atoms with Crippen LogP contribution in [0.15, 0.2) is 18.2 Å². The summed E-state index contributed by atoms with van der Waals surface area (Å²) in [7, 11) is 1.47. The number of phenols is 1. The number of phenolic OH excluding ortho intramolecular Hbond substituents is 1. The molecule has 1 rings (SSSR count). The standard InChI is InChI=1S/C10H12BrNO3/c1-6(11)10(14)12-7-3-4-9(15-2)8(13)5-7/h3-6,13H,1-2H3,(H,12,14). The number of carbonyl (C=O) groups is 1. The molecule has 0 saturated heterocycles. The van der Waals surface area contributed by atoms with E-state index in [9.17, 15) is 9.90 Å². The second-order valence-corrected chi connectivity index (χ2v) is 4.37. The Morgan fingerprint density at radius 3 is 2.73 bits per heavy atom. The number of methoxy groups -OCH3 is 1. The van der Waals surface area contributed by atoms with Crippen molar-refractivity contribution in [3.05, 3.63) is 18.2 Å². The molecule has 0 heterocycles. The number of hydrogen-bond donors (Lipinski definition) is 2. The summed E-state index contributed by atoms with van der Waals surface area (Å²) in [6.07, 6.45) is 0. The highest BCUT2D eigenvalue weighted by Crippen LogP contribution is 2.28. The monoisotopic (exact) mass is 273 g/mol. The number of rotatable bonds is 3. The Morgan fingerprint density at radius 1 is 1.60 bits per heavy atom. The molecule has 2 N–H and O–H groups in total. The van der Waals surface area contributed by atoms with Crippen LogP contribution in [0.1, 0.15) is 6.92 Å². The smallest absolute Gasteiger partial charge is 0.237 e. The van der Waals surface area contributed by atoms with Crippen molar-refractivity contribution in [3.8, 4) is 11.5 Å². The van der Waals surface area contributed by atoms with Crippen molar-refractivity contribution >= 4 is 27.5 Å². The van der Waals surface area contributed by atoms with Crippen LogP contribution in [-0.2, 0) is 4.79 Å². The average Bonchev–Trinajstić information content (AvgIpc) is 2.18. The number of alkyl halides is 1. The van der Waals surface area contributed by atoms with E-state index in [2.05, 4.69) is 21.2 Å². The quantitative estimate of drug-likeness (QED) is 0.830. The van der Waals surface area contributed by atoms with E-state index in [1.54, 1.807) is 19.1 Å². The van der Waals surface area contributed by atoms with Crippen LogP contribution in [0.5, 0.6) is 11.5 Å². The first-order valence-corrected chi connectivity index (χ1v) is 5.28. The first kappa shape index (κ1) is 11.8. The molecule has 0 aliphatic heterocycles. The number of hydrogen-bond acceptors (Lipinski definition) is 3. The lowest BCUT2D eigenvalue weighted by atomic mass is 10.2. The number of carbonyl (C=O) groups excluding carboxylic acids is 1. The van der Waals surface area contributed by atoms with Crippen molar-refractivity contribution in [2.45, 2.75) is 11.8 Å². The van der Waals surface area contributed by atoms with Crippen LogP contribution in [0.25, 0.3) is 0 Å². The molecule has 0 bridgehead atoms. The van der Waals surface area contributed by atoms with Crippen LogP contribution in [0, 0.1) is 0 Å². The molecular weight excluding hydrogens is 262 g/mol. The first-order valence-electron chi connectivity index (χ1n) is 4.36. The number of halogens is 1. The van der Waals surface area contributed by atoms with Crippen molar-refractivity contribution in [2.24, 2.45) is 0 Å². The van der Waals surface area contributed by atoms with E-state index < -0.39 is 0 Å². The fraction of sp³-hybridized carbons (Fsp3) is 0.300. The number of amides is 1. The van der Waals surface area contributed by atoms with Gasteiger partial charge in [-0.05, 0) is 19.1 Å². The van der Waals surface area contributed by atoms with E-state index in [0.29, 0.717) is 11.4 Å². The maximum absolute atomic E-state index is 11.3. The van der Waals surface area contributed by atoms with E-state index in [1.165, 1.54) is 13.2 Å². The van der Waals surface area contributed by atoms with Crippen LogP contribution >= 0.6 is 15.9 Å². The molecule has 1 atom stereocenters. The molecule has 0 saturated carbocycles. The second kappa shape index (κ2) is 5.02. The highest BCUT2D eigenvalue weighted by atomic mass is 79.9. The highest BCUT2D eigenvalue weighted by molar-refractivity contribution is 9.10. The number of anilines is 1. The molecule has 0 fully saturated rings. The van der Waals surface area contributed by atoms with E-state index in [4.69, 9.17) is 4.74 Å². The molecule has 1 unspecified atom stereocenters. The van der Waals surface area contributed by atoms with Gasteiger partial charge in [-0.2, -0.15) is 0 Å². The van der Waals surface area contributed by atoms with Gasteiger partial charge in [0.1, 0.15) is 0 Å². The predicted molar refractivity (Wildman–Crippen MR) is 61.7 cm³/mol. The highest BCUT2D eigenvalue weighted by Gasteiger charge is 2.10. The molecule has 1 aromatic carbocycles. The fourth-order valence-electron chi connectivity index (χ4n) is 1.01. The van der Waals surface area contributed by atoms with Gasteiger partial charge >= 0.3 is 0 Å². The Hall–Kier alpha value is -1.23. The van der Waals surface area contributed by atoms with Crippen molar-refractivity contribution < 1.29 is 14.6 Å². The summed E-state index contributed by atoms with van der Waals surface area (Å²) in [5.41, 5.74) is 0.532. The van der Waals surface area contributed by atoms with Crippen LogP contribution in [0.4, 0.5) is 5.69 Å². The van der Waals surface area contributed by atoms with Crippen molar-refractivity contribution in [2.75, 3.05) is 12.4 Å². The van der Waals surface area contributed by atoms with Gasteiger partial charge in [0.25, 0.3) is 0 Å². The molecule has 0 spiro atoms. The number of aromatic hydroxyl groups is 1. The molecule has 1 amide bonds. The summed E-state index contributed by atoms with van der Waals surface area (Å²) in [4.78, 5) is 11.0. The lowest BCUT2D eigenvalue weighted by molar-refractivity contribution is -0.115. The zero-order valence-corrected chi connectivity index (χ0v) is 10.0. The molecule has 0 aliphatic carbocycles. The molecule has 5 heteroatoms. The van der Waals surface area contributed by atoms with E-state index in [-0.39, 0.29) is 16.5 Å². The number of nitrogens with one attached hydrogen (secondary N) is 1. The molecular formula is C10H12BrNO3. The normalized spacial score (nSPS) is 11.9. The molecule has 0 radical (unpaired) electrons. The van der Waals surface area contributed by atoms with Crippen LogP contribution in [-0.4, -0.2) is 23.0 Å². The van der Waals surface area contributed by atoms with Gasteiger partial charge in [-0.15, -0.1) is 0 Å². The van der Waals surface area contributed by atoms with Gasteiger partial charge < -0.3 is 15.2 Å². The third-order valence-electron chi connectivity index (χ3n) is 1.81. The second-order valence-electron chi connectivity index (χ2n) is 2.99. The van der Waals surface area contributed by atoms with Gasteiger partial charge in [0.15, 0.2) is 11.5 Å². The van der Waals surface area contributed by atoms with Crippen LogP contribution in [0.3, 0.4) is 0 Å². The van der Waals surface area contributed by atoms with Gasteiger partial charge in [0.05, 0.1) is 11.9 Å². The van der Waals surface area contributed by atoms with Crippen LogP contribution in [0.2, 0.25) is 0 Å². The van der Waals surface area contributed by atoms with E-state index >= 15 is 0 Å². The minimum Gasteiger partial charge on any atom is -0.504 e. The molecule has 15 heavy (non-hydrogen) atoms. The predicted octanol–water partition coefficient (Wildman–Crippen LogP) is 2.12. The zero-order valence-electron chi connectivity index (χ0n) is 8.45. The number of ether oxygens (including phenoxy) is 1. The third-order valence-corrected chi connectivity index (χ3v) is 2.22. The Kier molecular flexibility index (Phi) is 3.96. The summed E-state index contributed by atoms with van der Waals surface area (Å²) in [6, 6.07) is 4.68. The maximum Gasteiger partial charge on any atom is 0.237 e. The topological polar surface area (TPSA) is 58.6 Å². The largest absolute Gasteiger partial charge is 0.504 e. The molecule has 82 valence electrons. The van der Waals surface area contributed by atoms with Gasteiger partial charge in [-0.25, -0.2) is 0 Å². The van der Waals surface area contributed by atoms with Gasteiger partial charge in [-0.3, -0.25) is 4.79 Å². The molecule has 0 aliphatic rings. The number of benzene rings is 1. The van der Waals surface area contributed by atoms with Crippen molar-refractivity contribution in [1.29, 1.82) is 0 Å². The SMILES string of the molecule is COc1ccc(NC(=O)C(C)Br)cc1O. The lowest BCUT2D eigenvalue weighted by Gasteiger charge is -2.08. The molecule has 4 nitrogen and oxygen atoms in total. The van der Waals surface area contributed by atoms with Crippen molar-refractivity contribution in [1.82, 2.24) is 0 Å². The van der Waals surface area contributed by atoms with Crippen LogP contribution < -0.4 is 10.1 Å². The Labute approximate surface area is 96.4 Å². The maximum atomic E-state index is 11.3. The summed E-state index contributed by atoms with van der Waals surface area (Å²) >= 11 is 3.14. The fourth-order valence-corrected chi connectivity index (χ4v) is 1.12. The summed E-state index contributed by atoms with van der Waals surface area (Å²) in [6.45, 7) is 1.72. The Bertz CT molecular complexity index is 366. The lowest BCUT2D eigenvalue weighted by Crippen LogP contribution is -2.19.